The normalized spacial score (nSPS) is 15.6. The summed E-state index contributed by atoms with van der Waals surface area (Å²) in [6.07, 6.45) is -7.84. The second-order valence-corrected chi connectivity index (χ2v) is 3.61. The molecule has 0 amide bonds. The summed E-state index contributed by atoms with van der Waals surface area (Å²) in [6.45, 7) is 0.634. The van der Waals surface area contributed by atoms with Crippen molar-refractivity contribution in [3.63, 3.8) is 0 Å². The third-order valence-electron chi connectivity index (χ3n) is 2.54. The largest absolute Gasteiger partial charge is 0.416 e. The zero-order valence-corrected chi connectivity index (χ0v) is 8.04. The Bertz CT molecular complexity index is 410. The van der Waals surface area contributed by atoms with Gasteiger partial charge in [0.1, 0.15) is 0 Å². The van der Waals surface area contributed by atoms with Crippen molar-refractivity contribution in [1.82, 2.24) is 5.32 Å². The molecule has 0 fully saturated rings. The molecule has 0 aromatic heterocycles. The van der Waals surface area contributed by atoms with Gasteiger partial charge in [0.15, 0.2) is 0 Å². The van der Waals surface area contributed by atoms with Gasteiger partial charge in [0, 0.05) is 18.7 Å². The summed E-state index contributed by atoms with van der Waals surface area (Å²) in [5, 5.41) is 2.82. The fraction of sp³-hybridized carbons (Fsp3) is 0.400. The lowest BCUT2D eigenvalue weighted by Gasteiger charge is -2.14. The van der Waals surface area contributed by atoms with Gasteiger partial charge in [-0.3, -0.25) is 0 Å². The van der Waals surface area contributed by atoms with Crippen LogP contribution in [0.1, 0.15) is 28.7 Å². The topological polar surface area (TPSA) is 12.0 Å². The van der Waals surface area contributed by atoms with Gasteiger partial charge in [0.25, 0.3) is 6.43 Å². The van der Waals surface area contributed by atoms with Gasteiger partial charge in [-0.1, -0.05) is 0 Å². The minimum atomic E-state index is -4.73. The Kier molecular flexibility index (Phi) is 2.61. The van der Waals surface area contributed by atoms with E-state index < -0.39 is 23.7 Å². The zero-order valence-electron chi connectivity index (χ0n) is 8.04. The Morgan fingerprint density at radius 3 is 2.12 bits per heavy atom. The molecule has 0 aliphatic carbocycles. The van der Waals surface area contributed by atoms with Crippen LogP contribution in [0.25, 0.3) is 0 Å². The van der Waals surface area contributed by atoms with Crippen LogP contribution in [0.3, 0.4) is 0 Å². The van der Waals surface area contributed by atoms with Gasteiger partial charge in [-0.2, -0.15) is 13.2 Å². The Hall–Kier alpha value is -1.17. The first-order chi connectivity index (χ1) is 7.39. The van der Waals surface area contributed by atoms with Crippen LogP contribution in [0.4, 0.5) is 22.0 Å². The van der Waals surface area contributed by atoms with Gasteiger partial charge in [-0.15, -0.1) is 0 Å². The quantitative estimate of drug-likeness (QED) is 0.739. The zero-order chi connectivity index (χ0) is 11.9. The van der Waals surface area contributed by atoms with Gasteiger partial charge in [0.2, 0.25) is 0 Å². The number of halogens is 5. The van der Waals surface area contributed by atoms with E-state index in [1.807, 2.05) is 0 Å². The molecule has 1 aromatic carbocycles. The predicted octanol–water partition coefficient (Wildman–Crippen LogP) is 3.25. The summed E-state index contributed by atoms with van der Waals surface area (Å²) in [7, 11) is 0. The molecule has 0 bridgehead atoms. The number of hydrogen-bond acceptors (Lipinski definition) is 1. The van der Waals surface area contributed by atoms with Crippen LogP contribution in [0.2, 0.25) is 0 Å². The SMILES string of the molecule is FC(F)c1cc2c(cc1C(F)(F)F)CNC2. The molecule has 0 saturated carbocycles. The van der Waals surface area contributed by atoms with Crippen LogP contribution in [0, 0.1) is 0 Å². The summed E-state index contributed by atoms with van der Waals surface area (Å²) in [5.74, 6) is 0. The average Bonchev–Trinajstić information content (AvgIpc) is 2.60. The summed E-state index contributed by atoms with van der Waals surface area (Å²) in [4.78, 5) is 0. The van der Waals surface area contributed by atoms with E-state index in [4.69, 9.17) is 0 Å². The second-order valence-electron chi connectivity index (χ2n) is 3.61. The van der Waals surface area contributed by atoms with Gasteiger partial charge in [-0.25, -0.2) is 8.78 Å². The Labute approximate surface area is 88.3 Å². The molecule has 0 unspecified atom stereocenters. The number of alkyl halides is 5. The van der Waals surface area contributed by atoms with E-state index in [1.165, 1.54) is 0 Å². The molecule has 16 heavy (non-hydrogen) atoms. The van der Waals surface area contributed by atoms with E-state index >= 15 is 0 Å². The van der Waals surface area contributed by atoms with Crippen molar-refractivity contribution in [1.29, 1.82) is 0 Å². The van der Waals surface area contributed by atoms with Crippen LogP contribution in [0.15, 0.2) is 12.1 Å². The lowest BCUT2D eigenvalue weighted by Crippen LogP contribution is -2.10. The van der Waals surface area contributed by atoms with Crippen LogP contribution in [-0.4, -0.2) is 0 Å². The Morgan fingerprint density at radius 1 is 1.06 bits per heavy atom. The number of nitrogens with one attached hydrogen (secondary N) is 1. The molecule has 0 atom stereocenters. The molecular weight excluding hydrogens is 229 g/mol. The van der Waals surface area contributed by atoms with Crippen LogP contribution in [0.5, 0.6) is 0 Å². The highest BCUT2D eigenvalue weighted by Gasteiger charge is 2.36. The van der Waals surface area contributed by atoms with Gasteiger partial charge < -0.3 is 5.32 Å². The van der Waals surface area contributed by atoms with Crippen molar-refractivity contribution in [3.05, 3.63) is 34.4 Å². The molecule has 1 aromatic rings. The monoisotopic (exact) mass is 237 g/mol. The van der Waals surface area contributed by atoms with Gasteiger partial charge >= 0.3 is 6.18 Å². The molecule has 0 spiro atoms. The van der Waals surface area contributed by atoms with Gasteiger partial charge in [0.05, 0.1) is 5.56 Å². The molecule has 1 N–H and O–H groups in total. The maximum absolute atomic E-state index is 12.5. The Balaban J connectivity index is 2.58. The Morgan fingerprint density at radius 2 is 1.62 bits per heavy atom. The van der Waals surface area contributed by atoms with Crippen molar-refractivity contribution in [3.8, 4) is 0 Å². The molecule has 6 heteroatoms. The van der Waals surface area contributed by atoms with E-state index in [0.29, 0.717) is 24.2 Å². The van der Waals surface area contributed by atoms with E-state index in [-0.39, 0.29) is 0 Å². The first-order valence-electron chi connectivity index (χ1n) is 4.61. The first kappa shape index (κ1) is 11.3. The van der Waals surface area contributed by atoms with Crippen molar-refractivity contribution in [2.45, 2.75) is 25.7 Å². The molecule has 88 valence electrons. The number of hydrogen-bond donors (Lipinski definition) is 1. The van der Waals surface area contributed by atoms with E-state index in [9.17, 15) is 22.0 Å². The molecule has 2 rings (SSSR count). The van der Waals surface area contributed by atoms with Crippen LogP contribution >= 0.6 is 0 Å². The fourth-order valence-electron chi connectivity index (χ4n) is 1.80. The molecule has 1 aliphatic rings. The smallest absolute Gasteiger partial charge is 0.309 e. The lowest BCUT2D eigenvalue weighted by molar-refractivity contribution is -0.139. The van der Waals surface area contributed by atoms with Crippen molar-refractivity contribution in [2.75, 3.05) is 0 Å². The first-order valence-corrected chi connectivity index (χ1v) is 4.61. The highest BCUT2D eigenvalue weighted by Crippen LogP contribution is 2.38. The summed E-state index contributed by atoms with van der Waals surface area (Å²) >= 11 is 0. The summed E-state index contributed by atoms with van der Waals surface area (Å²) in [5.41, 5.74) is -1.21. The standard InChI is InChI=1S/C10H8F5N/c11-9(12)7-1-5-3-16-4-6(5)2-8(7)10(13,14)15/h1-2,9,16H,3-4H2. The average molecular weight is 237 g/mol. The summed E-state index contributed by atoms with van der Waals surface area (Å²) < 4.78 is 62.6. The second kappa shape index (κ2) is 3.69. The number of fused-ring (bicyclic) bond motifs is 1. The lowest BCUT2D eigenvalue weighted by atomic mass is 10.00. The number of benzene rings is 1. The van der Waals surface area contributed by atoms with Crippen molar-refractivity contribution >= 4 is 0 Å². The maximum Gasteiger partial charge on any atom is 0.416 e. The molecule has 0 radical (unpaired) electrons. The predicted molar refractivity (Wildman–Crippen MR) is 46.9 cm³/mol. The van der Waals surface area contributed by atoms with Crippen molar-refractivity contribution < 1.29 is 22.0 Å². The summed E-state index contributed by atoms with van der Waals surface area (Å²) in [6, 6.07) is 1.76. The van der Waals surface area contributed by atoms with Crippen molar-refractivity contribution in [2.24, 2.45) is 0 Å². The molecule has 1 heterocycles. The molecule has 1 nitrogen and oxygen atoms in total. The molecular formula is C10H8F5N. The van der Waals surface area contributed by atoms with Crippen LogP contribution in [-0.2, 0) is 19.3 Å². The maximum atomic E-state index is 12.5. The van der Waals surface area contributed by atoms with E-state index in [0.717, 1.165) is 12.1 Å². The molecule has 0 saturated heterocycles. The number of rotatable bonds is 1. The van der Waals surface area contributed by atoms with E-state index in [2.05, 4.69) is 5.32 Å². The third-order valence-corrected chi connectivity index (χ3v) is 2.54. The molecule has 1 aliphatic heterocycles. The van der Waals surface area contributed by atoms with Gasteiger partial charge in [-0.05, 0) is 23.3 Å². The highest BCUT2D eigenvalue weighted by molar-refractivity contribution is 5.42. The fourth-order valence-corrected chi connectivity index (χ4v) is 1.80. The van der Waals surface area contributed by atoms with Crippen LogP contribution < -0.4 is 5.32 Å². The minimum absolute atomic E-state index is 0.294. The third kappa shape index (κ3) is 1.89. The highest BCUT2D eigenvalue weighted by atomic mass is 19.4. The minimum Gasteiger partial charge on any atom is -0.309 e. The van der Waals surface area contributed by atoms with E-state index in [1.54, 1.807) is 0 Å².